The van der Waals surface area contributed by atoms with Crippen molar-refractivity contribution in [3.63, 3.8) is 0 Å². The Morgan fingerprint density at radius 2 is 1.83 bits per heavy atom. The Bertz CT molecular complexity index is 1130. The molecule has 0 N–H and O–H groups in total. The van der Waals surface area contributed by atoms with Crippen molar-refractivity contribution < 1.29 is 23.0 Å². The lowest BCUT2D eigenvalue weighted by Gasteiger charge is -2.08. The predicted octanol–water partition coefficient (Wildman–Crippen LogP) is 3.56. The third-order valence-corrected chi connectivity index (χ3v) is 4.13. The zero-order valence-electron chi connectivity index (χ0n) is 15.9. The summed E-state index contributed by atoms with van der Waals surface area (Å²) < 4.78 is 28.6. The first-order valence-corrected chi connectivity index (χ1v) is 9.10. The van der Waals surface area contributed by atoms with Gasteiger partial charge in [0.1, 0.15) is 5.82 Å². The van der Waals surface area contributed by atoms with E-state index in [1.54, 1.807) is 43.6 Å². The molecule has 0 aliphatic carbocycles. The number of aromatic nitrogens is 5. The molecule has 4 aromatic rings. The second-order valence-electron chi connectivity index (χ2n) is 6.35. The lowest BCUT2D eigenvalue weighted by molar-refractivity contribution is -0.149. The van der Waals surface area contributed by atoms with Crippen LogP contribution >= 0.6 is 0 Å². The number of hydrogen-bond acceptors (Lipinski definition) is 9. The summed E-state index contributed by atoms with van der Waals surface area (Å²) in [6.07, 6.45) is 2.76. The molecule has 152 valence electrons. The van der Waals surface area contributed by atoms with Gasteiger partial charge in [-0.15, -0.1) is 0 Å². The van der Waals surface area contributed by atoms with Gasteiger partial charge in [-0.05, 0) is 43.3 Å². The standard InChI is InChI=1S/C20H16FN5O4/c1-12(20-24-19(26-30-20)14-3-2-10-22-11-14)28-17(27)9-8-16-23-18(25-29-16)13-4-6-15(21)7-5-13/h2-7,10-12H,8-9H2,1H3. The molecule has 10 heteroatoms. The highest BCUT2D eigenvalue weighted by atomic mass is 19.1. The monoisotopic (exact) mass is 409 g/mol. The molecule has 3 aromatic heterocycles. The van der Waals surface area contributed by atoms with Crippen LogP contribution in [0.2, 0.25) is 0 Å². The highest BCUT2D eigenvalue weighted by molar-refractivity contribution is 5.69. The highest BCUT2D eigenvalue weighted by Gasteiger charge is 2.20. The van der Waals surface area contributed by atoms with Crippen molar-refractivity contribution in [2.75, 3.05) is 0 Å². The van der Waals surface area contributed by atoms with Crippen LogP contribution in [0.25, 0.3) is 22.8 Å². The van der Waals surface area contributed by atoms with E-state index in [-0.39, 0.29) is 30.4 Å². The Morgan fingerprint density at radius 3 is 2.60 bits per heavy atom. The van der Waals surface area contributed by atoms with Crippen LogP contribution in [0.4, 0.5) is 4.39 Å². The lowest BCUT2D eigenvalue weighted by atomic mass is 10.2. The van der Waals surface area contributed by atoms with Crippen molar-refractivity contribution in [1.82, 2.24) is 25.3 Å². The minimum atomic E-state index is -0.715. The van der Waals surface area contributed by atoms with E-state index in [0.29, 0.717) is 22.8 Å². The van der Waals surface area contributed by atoms with E-state index in [1.807, 2.05) is 0 Å². The van der Waals surface area contributed by atoms with E-state index < -0.39 is 12.1 Å². The van der Waals surface area contributed by atoms with Crippen LogP contribution in [-0.4, -0.2) is 31.2 Å². The van der Waals surface area contributed by atoms with Gasteiger partial charge in [-0.1, -0.05) is 10.3 Å². The molecule has 0 aliphatic rings. The molecule has 0 saturated carbocycles. The lowest BCUT2D eigenvalue weighted by Crippen LogP contribution is -2.10. The summed E-state index contributed by atoms with van der Waals surface area (Å²) in [7, 11) is 0. The van der Waals surface area contributed by atoms with E-state index in [1.165, 1.54) is 12.1 Å². The summed E-state index contributed by atoms with van der Waals surface area (Å²) in [5.41, 5.74) is 1.31. The van der Waals surface area contributed by atoms with Gasteiger partial charge in [0.25, 0.3) is 5.89 Å². The molecule has 1 atom stereocenters. The van der Waals surface area contributed by atoms with Gasteiger partial charge in [0.05, 0.1) is 6.42 Å². The summed E-state index contributed by atoms with van der Waals surface area (Å²) in [6.45, 7) is 1.64. The van der Waals surface area contributed by atoms with Crippen molar-refractivity contribution in [3.05, 3.63) is 66.4 Å². The second-order valence-corrected chi connectivity index (χ2v) is 6.35. The molecule has 0 saturated heterocycles. The topological polar surface area (TPSA) is 117 Å². The molecule has 0 bridgehead atoms. The maximum atomic E-state index is 13.0. The Morgan fingerprint density at radius 1 is 1.07 bits per heavy atom. The minimum Gasteiger partial charge on any atom is -0.453 e. The van der Waals surface area contributed by atoms with Crippen LogP contribution in [0.3, 0.4) is 0 Å². The fourth-order valence-corrected chi connectivity index (χ4v) is 2.60. The molecule has 3 heterocycles. The van der Waals surface area contributed by atoms with Crippen LogP contribution < -0.4 is 0 Å². The average Bonchev–Trinajstić information content (AvgIpc) is 3.44. The molecule has 4 rings (SSSR count). The summed E-state index contributed by atoms with van der Waals surface area (Å²) >= 11 is 0. The van der Waals surface area contributed by atoms with Crippen molar-refractivity contribution in [1.29, 1.82) is 0 Å². The molecule has 0 fully saturated rings. The van der Waals surface area contributed by atoms with E-state index in [4.69, 9.17) is 13.8 Å². The number of pyridine rings is 1. The molecule has 0 radical (unpaired) electrons. The molecule has 1 aromatic carbocycles. The number of nitrogens with zero attached hydrogens (tertiary/aromatic N) is 5. The first-order valence-electron chi connectivity index (χ1n) is 9.10. The number of carbonyl (C=O) groups excluding carboxylic acids is 1. The minimum absolute atomic E-state index is 0.0268. The predicted molar refractivity (Wildman–Crippen MR) is 100 cm³/mol. The molecule has 0 aliphatic heterocycles. The van der Waals surface area contributed by atoms with Crippen molar-refractivity contribution >= 4 is 5.97 Å². The van der Waals surface area contributed by atoms with Crippen molar-refractivity contribution in [3.8, 4) is 22.8 Å². The summed E-state index contributed by atoms with van der Waals surface area (Å²) in [5, 5.41) is 7.71. The average molecular weight is 409 g/mol. The van der Waals surface area contributed by atoms with Gasteiger partial charge in [0.15, 0.2) is 6.10 Å². The Kier molecular flexibility index (Phi) is 5.55. The van der Waals surface area contributed by atoms with Gasteiger partial charge in [0.2, 0.25) is 17.5 Å². The Labute approximate surface area is 169 Å². The molecular weight excluding hydrogens is 393 g/mol. The largest absolute Gasteiger partial charge is 0.453 e. The van der Waals surface area contributed by atoms with Gasteiger partial charge in [-0.3, -0.25) is 9.78 Å². The van der Waals surface area contributed by atoms with Gasteiger partial charge < -0.3 is 13.8 Å². The van der Waals surface area contributed by atoms with E-state index >= 15 is 0 Å². The maximum Gasteiger partial charge on any atom is 0.307 e. The van der Waals surface area contributed by atoms with Gasteiger partial charge in [0, 0.05) is 29.9 Å². The van der Waals surface area contributed by atoms with Gasteiger partial charge >= 0.3 is 5.97 Å². The summed E-state index contributed by atoms with van der Waals surface area (Å²) in [4.78, 5) is 24.6. The number of halogens is 1. The first kappa shape index (κ1) is 19.4. The third-order valence-electron chi connectivity index (χ3n) is 4.13. The fraction of sp³-hybridized carbons (Fsp3) is 0.200. The SMILES string of the molecule is CC(OC(=O)CCc1nc(-c2ccc(F)cc2)no1)c1nc(-c2cccnc2)no1. The number of aryl methyl sites for hydroxylation is 1. The highest BCUT2D eigenvalue weighted by Crippen LogP contribution is 2.21. The molecular formula is C20H16FN5O4. The van der Waals surface area contributed by atoms with Crippen molar-refractivity contribution in [2.24, 2.45) is 0 Å². The van der Waals surface area contributed by atoms with Crippen LogP contribution in [0.5, 0.6) is 0 Å². The first-order chi connectivity index (χ1) is 14.6. The van der Waals surface area contributed by atoms with Gasteiger partial charge in [-0.25, -0.2) is 4.39 Å². The molecule has 0 spiro atoms. The van der Waals surface area contributed by atoms with E-state index in [2.05, 4.69) is 25.3 Å². The maximum absolute atomic E-state index is 13.0. The molecule has 9 nitrogen and oxygen atoms in total. The van der Waals surface area contributed by atoms with E-state index in [9.17, 15) is 9.18 Å². The molecule has 0 amide bonds. The zero-order valence-corrected chi connectivity index (χ0v) is 15.9. The Hall–Kier alpha value is -3.95. The summed E-state index contributed by atoms with van der Waals surface area (Å²) in [6, 6.07) is 9.26. The van der Waals surface area contributed by atoms with Crippen molar-refractivity contribution in [2.45, 2.75) is 25.9 Å². The quantitative estimate of drug-likeness (QED) is 0.422. The van der Waals surface area contributed by atoms with Crippen LogP contribution in [0.15, 0.2) is 57.8 Å². The fourth-order valence-electron chi connectivity index (χ4n) is 2.60. The number of esters is 1. The number of ether oxygens (including phenoxy) is 1. The number of rotatable bonds is 7. The number of hydrogen-bond donors (Lipinski definition) is 0. The van der Waals surface area contributed by atoms with Gasteiger partial charge in [-0.2, -0.15) is 9.97 Å². The van der Waals surface area contributed by atoms with Crippen LogP contribution in [0.1, 0.15) is 31.2 Å². The van der Waals surface area contributed by atoms with E-state index in [0.717, 1.165) is 0 Å². The number of benzene rings is 1. The summed E-state index contributed by atoms with van der Waals surface area (Å²) in [5.74, 6) is 0.299. The zero-order chi connectivity index (χ0) is 20.9. The smallest absolute Gasteiger partial charge is 0.307 e. The Balaban J connectivity index is 1.31. The van der Waals surface area contributed by atoms with Crippen LogP contribution in [0, 0.1) is 5.82 Å². The van der Waals surface area contributed by atoms with Crippen LogP contribution in [-0.2, 0) is 16.0 Å². The molecule has 30 heavy (non-hydrogen) atoms. The second kappa shape index (κ2) is 8.60. The number of carbonyl (C=O) groups is 1. The normalized spacial score (nSPS) is 11.9. The third kappa shape index (κ3) is 4.54. The molecule has 1 unspecified atom stereocenters.